The molecular formula is C13H18N2O4S2. The summed E-state index contributed by atoms with van der Waals surface area (Å²) < 4.78 is 24.3. The van der Waals surface area contributed by atoms with Gasteiger partial charge in [-0.3, -0.25) is 9.88 Å². The second-order valence-corrected chi connectivity index (χ2v) is 8.39. The number of rotatable bonds is 5. The van der Waals surface area contributed by atoms with Gasteiger partial charge in [0, 0.05) is 36.5 Å². The molecule has 1 saturated heterocycles. The van der Waals surface area contributed by atoms with Gasteiger partial charge in [0.15, 0.2) is 9.84 Å². The van der Waals surface area contributed by atoms with Crippen LogP contribution in [0.15, 0.2) is 18.3 Å². The van der Waals surface area contributed by atoms with Crippen molar-refractivity contribution < 1.29 is 18.3 Å². The molecule has 2 rings (SSSR count). The lowest BCUT2D eigenvalue weighted by atomic mass is 10.2. The van der Waals surface area contributed by atoms with E-state index in [4.69, 9.17) is 5.11 Å². The lowest BCUT2D eigenvalue weighted by Gasteiger charge is -2.34. The summed E-state index contributed by atoms with van der Waals surface area (Å²) in [5.41, 5.74) is 0.814. The molecule has 1 unspecified atom stereocenters. The third-order valence-corrected chi connectivity index (χ3v) is 6.78. The lowest BCUT2D eigenvalue weighted by molar-refractivity contribution is 0.0696. The van der Waals surface area contributed by atoms with Crippen LogP contribution in [0, 0.1) is 0 Å². The van der Waals surface area contributed by atoms with Crippen LogP contribution in [0.5, 0.6) is 0 Å². The molecular weight excluding hydrogens is 312 g/mol. The Morgan fingerprint density at radius 2 is 2.29 bits per heavy atom. The van der Waals surface area contributed by atoms with Gasteiger partial charge < -0.3 is 5.11 Å². The van der Waals surface area contributed by atoms with E-state index in [0.29, 0.717) is 24.5 Å². The number of pyridine rings is 1. The molecule has 0 amide bonds. The maximum Gasteiger partial charge on any atom is 0.337 e. The maximum absolute atomic E-state index is 12.1. The van der Waals surface area contributed by atoms with Crippen molar-refractivity contribution in [2.45, 2.75) is 18.8 Å². The maximum atomic E-state index is 12.1. The second-order valence-electron chi connectivity index (χ2n) is 4.79. The minimum atomic E-state index is -3.13. The van der Waals surface area contributed by atoms with Gasteiger partial charge in [0.25, 0.3) is 0 Å². The van der Waals surface area contributed by atoms with E-state index in [1.165, 1.54) is 12.3 Å². The van der Waals surface area contributed by atoms with Crippen LogP contribution >= 0.6 is 11.8 Å². The van der Waals surface area contributed by atoms with E-state index in [9.17, 15) is 13.2 Å². The first-order valence-electron chi connectivity index (χ1n) is 6.65. The van der Waals surface area contributed by atoms with Gasteiger partial charge in [-0.25, -0.2) is 13.2 Å². The molecule has 2 heterocycles. The summed E-state index contributed by atoms with van der Waals surface area (Å²) in [5, 5.41) is 8.36. The minimum Gasteiger partial charge on any atom is -0.478 e. The predicted octanol–water partition coefficient (Wildman–Crippen LogP) is 1.09. The van der Waals surface area contributed by atoms with Crippen molar-refractivity contribution in [3.05, 3.63) is 29.6 Å². The molecule has 1 N–H and O–H groups in total. The molecule has 1 aromatic heterocycles. The fourth-order valence-electron chi connectivity index (χ4n) is 2.17. The van der Waals surface area contributed by atoms with E-state index < -0.39 is 21.2 Å². The third-order valence-electron chi connectivity index (χ3n) is 3.44. The Balaban J connectivity index is 2.14. The smallest absolute Gasteiger partial charge is 0.337 e. The number of carboxylic acid groups (broad SMARTS) is 1. The zero-order valence-electron chi connectivity index (χ0n) is 11.7. The molecule has 0 radical (unpaired) electrons. The van der Waals surface area contributed by atoms with E-state index in [2.05, 4.69) is 4.98 Å². The van der Waals surface area contributed by atoms with Crippen LogP contribution in [0.25, 0.3) is 0 Å². The second kappa shape index (κ2) is 6.76. The van der Waals surface area contributed by atoms with E-state index >= 15 is 0 Å². The molecule has 0 aromatic carbocycles. The Bertz CT molecular complexity index is 601. The number of carboxylic acids is 1. The van der Waals surface area contributed by atoms with Crippen LogP contribution in [0.4, 0.5) is 0 Å². The van der Waals surface area contributed by atoms with E-state index in [1.54, 1.807) is 24.8 Å². The molecule has 1 fully saturated rings. The van der Waals surface area contributed by atoms with Gasteiger partial charge in [-0.2, -0.15) is 11.8 Å². The van der Waals surface area contributed by atoms with Gasteiger partial charge in [0.1, 0.15) is 5.37 Å². The zero-order valence-corrected chi connectivity index (χ0v) is 13.4. The topological polar surface area (TPSA) is 87.6 Å². The first-order chi connectivity index (χ1) is 9.94. The number of nitrogens with zero attached hydrogens (tertiary/aromatic N) is 2. The first kappa shape index (κ1) is 16.3. The number of thioether (sulfide) groups is 1. The molecule has 0 bridgehead atoms. The highest BCUT2D eigenvalue weighted by molar-refractivity contribution is 8.01. The number of hydrogen-bond donors (Lipinski definition) is 1. The van der Waals surface area contributed by atoms with Gasteiger partial charge in [0.05, 0.1) is 11.3 Å². The van der Waals surface area contributed by atoms with Crippen LogP contribution in [0.2, 0.25) is 0 Å². The minimum absolute atomic E-state index is 0.125. The van der Waals surface area contributed by atoms with Crippen molar-refractivity contribution in [3.8, 4) is 0 Å². The monoisotopic (exact) mass is 330 g/mol. The molecule has 0 aliphatic carbocycles. The highest BCUT2D eigenvalue weighted by atomic mass is 32.2. The summed E-state index contributed by atoms with van der Waals surface area (Å²) in [5.74, 6) is 0.571. The summed E-state index contributed by atoms with van der Waals surface area (Å²) in [7, 11) is -3.13. The quantitative estimate of drug-likeness (QED) is 0.864. The number of carbonyl (C=O) groups is 1. The largest absolute Gasteiger partial charge is 0.478 e. The Kier molecular flexibility index (Phi) is 5.23. The molecule has 6 nitrogen and oxygen atoms in total. The molecule has 116 valence electrons. The molecule has 1 aliphatic heterocycles. The van der Waals surface area contributed by atoms with E-state index in [1.807, 2.05) is 4.90 Å². The summed E-state index contributed by atoms with van der Waals surface area (Å²) >= 11 is 1.65. The van der Waals surface area contributed by atoms with Gasteiger partial charge >= 0.3 is 5.97 Å². The molecule has 21 heavy (non-hydrogen) atoms. The van der Waals surface area contributed by atoms with Crippen LogP contribution in [0.1, 0.15) is 23.0 Å². The zero-order chi connectivity index (χ0) is 15.5. The Hall–Kier alpha value is -1.12. The number of aromatic carboxylic acids is 1. The standard InChI is InChI=1S/C13H18N2O4S2/c1-2-21(18,19)12-9-20-6-5-15(12)8-11-4-3-10(7-14-11)13(16)17/h3-4,7,12H,2,5-6,8-9H2,1H3,(H,16,17). The Morgan fingerprint density at radius 1 is 1.52 bits per heavy atom. The van der Waals surface area contributed by atoms with Gasteiger partial charge in [0.2, 0.25) is 0 Å². The normalized spacial score (nSPS) is 20.3. The van der Waals surface area contributed by atoms with Crippen molar-refractivity contribution in [1.82, 2.24) is 9.88 Å². The van der Waals surface area contributed by atoms with Gasteiger partial charge in [-0.15, -0.1) is 0 Å². The fraction of sp³-hybridized carbons (Fsp3) is 0.538. The lowest BCUT2D eigenvalue weighted by Crippen LogP contribution is -2.47. The number of aromatic nitrogens is 1. The first-order valence-corrected chi connectivity index (χ1v) is 9.52. The molecule has 1 aliphatic rings. The predicted molar refractivity (Wildman–Crippen MR) is 82.2 cm³/mol. The molecule has 0 saturated carbocycles. The SMILES string of the molecule is CCS(=O)(=O)C1CSCCN1Cc1ccc(C(=O)O)cn1. The fourth-order valence-corrected chi connectivity index (χ4v) is 5.25. The van der Waals surface area contributed by atoms with Crippen molar-refractivity contribution in [2.24, 2.45) is 0 Å². The molecule has 8 heteroatoms. The molecule has 1 atom stereocenters. The number of sulfone groups is 1. The summed E-state index contributed by atoms with van der Waals surface area (Å²) in [6.07, 6.45) is 1.31. The average Bonchev–Trinajstić information content (AvgIpc) is 2.48. The van der Waals surface area contributed by atoms with Crippen molar-refractivity contribution >= 4 is 27.6 Å². The van der Waals surface area contributed by atoms with Crippen molar-refractivity contribution in [1.29, 1.82) is 0 Å². The molecule has 1 aromatic rings. The summed E-state index contributed by atoms with van der Waals surface area (Å²) in [6, 6.07) is 3.13. The summed E-state index contributed by atoms with van der Waals surface area (Å²) in [6.45, 7) is 2.77. The van der Waals surface area contributed by atoms with Crippen LogP contribution in [-0.2, 0) is 16.4 Å². The number of hydrogen-bond acceptors (Lipinski definition) is 6. The Morgan fingerprint density at radius 3 is 2.86 bits per heavy atom. The highest BCUT2D eigenvalue weighted by Gasteiger charge is 2.32. The molecule has 0 spiro atoms. The van der Waals surface area contributed by atoms with Gasteiger partial charge in [-0.1, -0.05) is 6.92 Å². The van der Waals surface area contributed by atoms with Crippen LogP contribution in [-0.4, -0.2) is 58.6 Å². The van der Waals surface area contributed by atoms with E-state index in [0.717, 1.165) is 5.75 Å². The van der Waals surface area contributed by atoms with Crippen LogP contribution < -0.4 is 0 Å². The average molecular weight is 330 g/mol. The Labute approximate surface area is 128 Å². The van der Waals surface area contributed by atoms with Crippen molar-refractivity contribution in [2.75, 3.05) is 23.8 Å². The highest BCUT2D eigenvalue weighted by Crippen LogP contribution is 2.23. The van der Waals surface area contributed by atoms with Crippen molar-refractivity contribution in [3.63, 3.8) is 0 Å². The van der Waals surface area contributed by atoms with E-state index in [-0.39, 0.29) is 11.3 Å². The van der Waals surface area contributed by atoms with Gasteiger partial charge in [-0.05, 0) is 12.1 Å². The third kappa shape index (κ3) is 3.96. The summed E-state index contributed by atoms with van der Waals surface area (Å²) in [4.78, 5) is 16.8. The van der Waals surface area contributed by atoms with Crippen LogP contribution in [0.3, 0.4) is 0 Å².